The molecule has 1 amide bonds. The lowest BCUT2D eigenvalue weighted by Crippen LogP contribution is -2.55. The predicted molar refractivity (Wildman–Crippen MR) is 82.2 cm³/mol. The number of nitrogens with one attached hydrogen (secondary N) is 1. The van der Waals surface area contributed by atoms with Crippen LogP contribution in [0.2, 0.25) is 0 Å². The summed E-state index contributed by atoms with van der Waals surface area (Å²) in [4.78, 5) is 12.3. The maximum absolute atomic E-state index is 12.3. The molecular weight excluding hydrogens is 264 g/mol. The normalized spacial score (nSPS) is 25.6. The van der Waals surface area contributed by atoms with Crippen molar-refractivity contribution in [1.29, 1.82) is 0 Å². The highest BCUT2D eigenvalue weighted by Crippen LogP contribution is 2.40. The summed E-state index contributed by atoms with van der Waals surface area (Å²) in [5.74, 6) is 0.520. The van der Waals surface area contributed by atoms with Crippen molar-refractivity contribution in [2.45, 2.75) is 56.5 Å². The Morgan fingerprint density at radius 2 is 2.10 bits per heavy atom. The zero-order valence-corrected chi connectivity index (χ0v) is 12.7. The van der Waals surface area contributed by atoms with Crippen molar-refractivity contribution in [3.05, 3.63) is 29.3 Å². The van der Waals surface area contributed by atoms with Gasteiger partial charge in [-0.1, -0.05) is 25.3 Å². The van der Waals surface area contributed by atoms with Gasteiger partial charge in [-0.2, -0.15) is 0 Å². The Balaban J connectivity index is 1.94. The zero-order chi connectivity index (χ0) is 14.9. The minimum atomic E-state index is -0.716. The molecule has 3 rings (SSSR count). The highest BCUT2D eigenvalue weighted by Gasteiger charge is 2.45. The van der Waals surface area contributed by atoms with Gasteiger partial charge in [-0.25, -0.2) is 0 Å². The summed E-state index contributed by atoms with van der Waals surface area (Å²) < 4.78 is 5.32. The average molecular weight is 288 g/mol. The molecule has 1 atom stereocenters. The highest BCUT2D eigenvalue weighted by atomic mass is 16.5. The summed E-state index contributed by atoms with van der Waals surface area (Å²) in [5, 5.41) is 3.61. The molecule has 0 bridgehead atoms. The number of benzene rings is 1. The number of rotatable bonds is 4. The number of fused-ring (bicyclic) bond motifs is 1. The van der Waals surface area contributed by atoms with Crippen LogP contribution < -0.4 is 15.8 Å². The van der Waals surface area contributed by atoms with E-state index in [-0.39, 0.29) is 5.91 Å². The van der Waals surface area contributed by atoms with E-state index in [4.69, 9.17) is 10.5 Å². The second kappa shape index (κ2) is 5.68. The molecule has 4 heteroatoms. The van der Waals surface area contributed by atoms with Crippen LogP contribution >= 0.6 is 0 Å². The highest BCUT2D eigenvalue weighted by molar-refractivity contribution is 5.88. The minimum Gasteiger partial charge on any atom is -0.497 e. The summed E-state index contributed by atoms with van der Waals surface area (Å²) in [6.07, 6.45) is 7.67. The first-order chi connectivity index (χ1) is 10.2. The van der Waals surface area contributed by atoms with E-state index in [1.807, 2.05) is 12.1 Å². The number of hydrogen-bond donors (Lipinski definition) is 2. The number of nitrogens with two attached hydrogens (primary N) is 1. The number of ether oxygens (including phenoxy) is 1. The Morgan fingerprint density at radius 1 is 1.33 bits per heavy atom. The Kier molecular flexibility index (Phi) is 3.89. The second-order valence-electron chi connectivity index (χ2n) is 6.27. The molecule has 1 unspecified atom stereocenters. The molecule has 4 nitrogen and oxygen atoms in total. The molecule has 1 fully saturated rings. The molecular formula is C17H24N2O2. The summed E-state index contributed by atoms with van der Waals surface area (Å²) in [6, 6.07) is 6.38. The number of hydrogen-bond acceptors (Lipinski definition) is 3. The fraction of sp³-hybridized carbons (Fsp3) is 0.588. The van der Waals surface area contributed by atoms with Gasteiger partial charge in [0.25, 0.3) is 0 Å². The van der Waals surface area contributed by atoms with E-state index in [0.717, 1.165) is 37.0 Å². The van der Waals surface area contributed by atoms with E-state index in [0.29, 0.717) is 6.04 Å². The van der Waals surface area contributed by atoms with Gasteiger partial charge in [-0.05, 0) is 48.9 Å². The van der Waals surface area contributed by atoms with Gasteiger partial charge in [0.2, 0.25) is 5.91 Å². The average Bonchev–Trinajstić information content (AvgIpc) is 2.87. The lowest BCUT2D eigenvalue weighted by Gasteiger charge is -2.35. The molecule has 1 aromatic carbocycles. The smallest absolute Gasteiger partial charge is 0.242 e. The lowest BCUT2D eigenvalue weighted by molar-refractivity contribution is -0.125. The first-order valence-corrected chi connectivity index (χ1v) is 7.91. The lowest BCUT2D eigenvalue weighted by atomic mass is 9.86. The van der Waals surface area contributed by atoms with E-state index in [9.17, 15) is 4.79 Å². The van der Waals surface area contributed by atoms with Crippen molar-refractivity contribution in [2.24, 2.45) is 5.73 Å². The van der Waals surface area contributed by atoms with Gasteiger partial charge in [0.1, 0.15) is 11.3 Å². The molecule has 0 spiro atoms. The summed E-state index contributed by atoms with van der Waals surface area (Å²) in [6.45, 7) is 0. The van der Waals surface area contributed by atoms with Crippen molar-refractivity contribution >= 4 is 5.91 Å². The van der Waals surface area contributed by atoms with E-state index < -0.39 is 5.54 Å². The van der Waals surface area contributed by atoms with Gasteiger partial charge in [-0.15, -0.1) is 0 Å². The fourth-order valence-corrected chi connectivity index (χ4v) is 3.83. The number of primary amides is 1. The van der Waals surface area contributed by atoms with Crippen molar-refractivity contribution in [1.82, 2.24) is 5.32 Å². The maximum atomic E-state index is 12.3. The third kappa shape index (κ3) is 2.53. The summed E-state index contributed by atoms with van der Waals surface area (Å²) in [5.41, 5.74) is 7.32. The van der Waals surface area contributed by atoms with Crippen LogP contribution in [-0.4, -0.2) is 19.1 Å². The molecule has 2 aliphatic carbocycles. The number of methoxy groups -OCH3 is 1. The number of carbonyl (C=O) groups excluding carboxylic acids is 1. The summed E-state index contributed by atoms with van der Waals surface area (Å²) in [7, 11) is 1.65. The molecule has 0 aliphatic heterocycles. The molecule has 0 aromatic heterocycles. The number of carbonyl (C=O) groups is 1. The van der Waals surface area contributed by atoms with E-state index in [2.05, 4.69) is 11.4 Å². The first kappa shape index (κ1) is 14.4. The van der Waals surface area contributed by atoms with Gasteiger partial charge in [0.05, 0.1) is 7.11 Å². The molecule has 114 valence electrons. The molecule has 3 N–H and O–H groups in total. The van der Waals surface area contributed by atoms with Crippen LogP contribution in [0, 0.1) is 0 Å². The minimum absolute atomic E-state index is 0.264. The predicted octanol–water partition coefficient (Wildman–Crippen LogP) is 2.24. The summed E-state index contributed by atoms with van der Waals surface area (Å²) >= 11 is 0. The molecule has 0 saturated heterocycles. The van der Waals surface area contributed by atoms with Crippen LogP contribution in [0.3, 0.4) is 0 Å². The third-order valence-corrected chi connectivity index (χ3v) is 5.02. The first-order valence-electron chi connectivity index (χ1n) is 7.91. The van der Waals surface area contributed by atoms with Crippen molar-refractivity contribution in [3.8, 4) is 5.75 Å². The van der Waals surface area contributed by atoms with Crippen molar-refractivity contribution in [3.63, 3.8) is 0 Å². The number of aryl methyl sites for hydroxylation is 1. The topological polar surface area (TPSA) is 64.3 Å². The zero-order valence-electron chi connectivity index (χ0n) is 12.7. The Bertz CT molecular complexity index is 538. The van der Waals surface area contributed by atoms with Gasteiger partial charge < -0.3 is 10.5 Å². The van der Waals surface area contributed by atoms with Crippen LogP contribution in [-0.2, 0) is 16.8 Å². The molecule has 0 heterocycles. The largest absolute Gasteiger partial charge is 0.497 e. The molecule has 1 saturated carbocycles. The Labute approximate surface area is 126 Å². The van der Waals surface area contributed by atoms with Crippen LogP contribution in [0.1, 0.15) is 49.7 Å². The van der Waals surface area contributed by atoms with E-state index >= 15 is 0 Å². The van der Waals surface area contributed by atoms with Crippen LogP contribution in [0.25, 0.3) is 0 Å². The maximum Gasteiger partial charge on any atom is 0.242 e. The quantitative estimate of drug-likeness (QED) is 0.893. The van der Waals surface area contributed by atoms with Gasteiger partial charge in [0.15, 0.2) is 0 Å². The van der Waals surface area contributed by atoms with Crippen LogP contribution in [0.15, 0.2) is 18.2 Å². The monoisotopic (exact) mass is 288 g/mol. The van der Waals surface area contributed by atoms with Gasteiger partial charge in [-0.3, -0.25) is 10.1 Å². The van der Waals surface area contributed by atoms with E-state index in [1.165, 1.54) is 24.8 Å². The molecule has 1 aromatic rings. The van der Waals surface area contributed by atoms with Gasteiger partial charge in [0, 0.05) is 6.04 Å². The SMILES string of the molecule is COc1ccc2c(c1)C(NC1CCCCC1)(C(N)=O)CC2. The Hall–Kier alpha value is -1.55. The Morgan fingerprint density at radius 3 is 2.76 bits per heavy atom. The van der Waals surface area contributed by atoms with E-state index in [1.54, 1.807) is 7.11 Å². The molecule has 2 aliphatic rings. The number of amides is 1. The van der Waals surface area contributed by atoms with Crippen LogP contribution in [0.4, 0.5) is 0 Å². The van der Waals surface area contributed by atoms with Crippen molar-refractivity contribution < 1.29 is 9.53 Å². The fourth-order valence-electron chi connectivity index (χ4n) is 3.83. The van der Waals surface area contributed by atoms with Crippen molar-refractivity contribution in [2.75, 3.05) is 7.11 Å². The second-order valence-corrected chi connectivity index (χ2v) is 6.27. The van der Waals surface area contributed by atoms with Crippen LogP contribution in [0.5, 0.6) is 5.75 Å². The van der Waals surface area contributed by atoms with Gasteiger partial charge >= 0.3 is 0 Å². The molecule has 0 radical (unpaired) electrons. The standard InChI is InChI=1S/C17H24N2O2/c1-21-14-8-7-12-9-10-17(16(18)20,15(12)11-14)19-13-5-3-2-4-6-13/h7-8,11,13,19H,2-6,9-10H2,1H3,(H2,18,20). The third-order valence-electron chi connectivity index (χ3n) is 5.02. The molecule has 21 heavy (non-hydrogen) atoms.